The van der Waals surface area contributed by atoms with Gasteiger partial charge in [-0.25, -0.2) is 8.42 Å². The van der Waals surface area contributed by atoms with E-state index in [1.54, 1.807) is 12.1 Å². The van der Waals surface area contributed by atoms with Crippen LogP contribution in [0, 0.1) is 0 Å². The van der Waals surface area contributed by atoms with Crippen LogP contribution in [-0.4, -0.2) is 70.2 Å². The summed E-state index contributed by atoms with van der Waals surface area (Å²) in [6, 6.07) is 13.8. The highest BCUT2D eigenvalue weighted by Crippen LogP contribution is 2.27. The van der Waals surface area contributed by atoms with E-state index in [4.69, 9.17) is 9.47 Å². The number of para-hydroxylation sites is 2. The molecule has 2 aromatic carbocycles. The average molecular weight is 460 g/mol. The number of anilines is 2. The molecule has 172 valence electrons. The zero-order chi connectivity index (χ0) is 22.7. The Morgan fingerprint density at radius 2 is 1.69 bits per heavy atom. The summed E-state index contributed by atoms with van der Waals surface area (Å²) in [5.74, 6) is -0.355. The normalized spacial score (nSPS) is 22.5. The van der Waals surface area contributed by atoms with Crippen LogP contribution in [0.1, 0.15) is 24.2 Å². The first-order valence-corrected chi connectivity index (χ1v) is 12.3. The molecule has 8 nitrogen and oxygen atoms in total. The molecule has 2 aromatic rings. The van der Waals surface area contributed by atoms with Crippen molar-refractivity contribution in [2.24, 2.45) is 0 Å². The highest BCUT2D eigenvalue weighted by atomic mass is 32.2. The van der Waals surface area contributed by atoms with Gasteiger partial charge in [0.05, 0.1) is 41.7 Å². The SMILES string of the molecule is C[C@H]1CN(S(=O)(=O)c2cccc(C(=O)Nc3ccccc3N3CCOCC3)c2)C[C@H](C)O1. The van der Waals surface area contributed by atoms with Gasteiger partial charge in [-0.15, -0.1) is 0 Å². The Balaban J connectivity index is 1.55. The number of benzene rings is 2. The molecule has 32 heavy (non-hydrogen) atoms. The standard InChI is InChI=1S/C23H29N3O5S/c1-17-15-26(16-18(2)31-17)32(28,29)20-7-5-6-19(14-20)23(27)24-21-8-3-4-9-22(21)25-10-12-30-13-11-25/h3-9,14,17-18H,10-13,15-16H2,1-2H3,(H,24,27)/t17-,18-/m0/s1. The average Bonchev–Trinajstić information content (AvgIpc) is 2.79. The molecule has 2 aliphatic heterocycles. The molecule has 2 atom stereocenters. The quantitative estimate of drug-likeness (QED) is 0.740. The molecule has 0 spiro atoms. The van der Waals surface area contributed by atoms with Crippen LogP contribution in [-0.2, 0) is 19.5 Å². The first-order valence-electron chi connectivity index (χ1n) is 10.8. The van der Waals surface area contributed by atoms with Crippen LogP contribution in [0.5, 0.6) is 0 Å². The summed E-state index contributed by atoms with van der Waals surface area (Å²) >= 11 is 0. The van der Waals surface area contributed by atoms with E-state index < -0.39 is 10.0 Å². The van der Waals surface area contributed by atoms with E-state index >= 15 is 0 Å². The second-order valence-corrected chi connectivity index (χ2v) is 10.1. The van der Waals surface area contributed by atoms with Gasteiger partial charge in [-0.2, -0.15) is 4.31 Å². The third kappa shape index (κ3) is 4.96. The van der Waals surface area contributed by atoms with Crippen molar-refractivity contribution in [2.45, 2.75) is 31.0 Å². The minimum absolute atomic E-state index is 0.105. The Bertz CT molecular complexity index is 1060. The molecule has 0 radical (unpaired) electrons. The summed E-state index contributed by atoms with van der Waals surface area (Å²) < 4.78 is 38.9. The van der Waals surface area contributed by atoms with Crippen molar-refractivity contribution in [2.75, 3.05) is 49.6 Å². The molecule has 0 saturated carbocycles. The molecule has 1 N–H and O–H groups in total. The lowest BCUT2D eigenvalue weighted by Gasteiger charge is -2.34. The number of sulfonamides is 1. The number of carbonyl (C=O) groups is 1. The van der Waals surface area contributed by atoms with E-state index in [1.807, 2.05) is 38.1 Å². The van der Waals surface area contributed by atoms with E-state index in [1.165, 1.54) is 16.4 Å². The van der Waals surface area contributed by atoms with Crippen molar-refractivity contribution in [3.8, 4) is 0 Å². The molecule has 2 fully saturated rings. The molecule has 0 bridgehead atoms. The van der Waals surface area contributed by atoms with Crippen molar-refractivity contribution in [3.63, 3.8) is 0 Å². The fourth-order valence-electron chi connectivity index (χ4n) is 4.13. The van der Waals surface area contributed by atoms with Gasteiger partial charge in [0.15, 0.2) is 0 Å². The topological polar surface area (TPSA) is 88.2 Å². The van der Waals surface area contributed by atoms with Crippen LogP contribution < -0.4 is 10.2 Å². The lowest BCUT2D eigenvalue weighted by molar-refractivity contribution is -0.0440. The fraction of sp³-hybridized carbons (Fsp3) is 0.435. The molecule has 2 aliphatic rings. The summed E-state index contributed by atoms with van der Waals surface area (Å²) in [7, 11) is -3.73. The third-order valence-corrected chi connectivity index (χ3v) is 7.45. The number of rotatable bonds is 5. The highest BCUT2D eigenvalue weighted by Gasteiger charge is 2.32. The summed E-state index contributed by atoms with van der Waals surface area (Å²) in [6.45, 7) is 7.06. The van der Waals surface area contributed by atoms with E-state index in [9.17, 15) is 13.2 Å². The molecular weight excluding hydrogens is 430 g/mol. The Morgan fingerprint density at radius 1 is 1.00 bits per heavy atom. The van der Waals surface area contributed by atoms with Crippen LogP contribution in [0.3, 0.4) is 0 Å². The van der Waals surface area contributed by atoms with E-state index in [0.29, 0.717) is 18.9 Å². The minimum Gasteiger partial charge on any atom is -0.378 e. The zero-order valence-electron chi connectivity index (χ0n) is 18.4. The predicted molar refractivity (Wildman–Crippen MR) is 123 cm³/mol. The van der Waals surface area contributed by atoms with Crippen molar-refractivity contribution in [3.05, 3.63) is 54.1 Å². The third-order valence-electron chi connectivity index (χ3n) is 5.62. The molecule has 2 heterocycles. The first kappa shape index (κ1) is 22.7. The lowest BCUT2D eigenvalue weighted by Crippen LogP contribution is -2.48. The molecule has 0 unspecified atom stereocenters. The molecule has 1 amide bonds. The summed E-state index contributed by atoms with van der Waals surface area (Å²) in [5.41, 5.74) is 1.89. The molecule has 0 aromatic heterocycles. The van der Waals surface area contributed by atoms with E-state index in [0.717, 1.165) is 18.8 Å². The molecular formula is C23H29N3O5S. The Hall–Kier alpha value is -2.46. The second-order valence-electron chi connectivity index (χ2n) is 8.18. The maximum atomic E-state index is 13.2. The molecule has 4 rings (SSSR count). The minimum atomic E-state index is -3.73. The Kier molecular flexibility index (Phi) is 6.80. The number of morpholine rings is 2. The summed E-state index contributed by atoms with van der Waals surface area (Å²) in [5, 5.41) is 2.95. The molecule has 2 saturated heterocycles. The van der Waals surface area contributed by atoms with Crippen molar-refractivity contribution < 1.29 is 22.7 Å². The number of amides is 1. The number of hydrogen-bond acceptors (Lipinski definition) is 6. The largest absolute Gasteiger partial charge is 0.378 e. The van der Waals surface area contributed by atoms with Gasteiger partial charge >= 0.3 is 0 Å². The van der Waals surface area contributed by atoms with Gasteiger partial charge in [-0.3, -0.25) is 4.79 Å². The number of nitrogens with zero attached hydrogens (tertiary/aromatic N) is 2. The first-order chi connectivity index (χ1) is 15.3. The molecule has 0 aliphatic carbocycles. The number of hydrogen-bond donors (Lipinski definition) is 1. The fourth-order valence-corrected chi connectivity index (χ4v) is 5.76. The Labute approximate surface area is 189 Å². The van der Waals surface area contributed by atoms with Gasteiger partial charge in [0.25, 0.3) is 5.91 Å². The van der Waals surface area contributed by atoms with Gasteiger partial charge < -0.3 is 19.7 Å². The zero-order valence-corrected chi connectivity index (χ0v) is 19.2. The van der Waals surface area contributed by atoms with Crippen LogP contribution in [0.4, 0.5) is 11.4 Å². The summed E-state index contributed by atoms with van der Waals surface area (Å²) in [4.78, 5) is 15.3. The van der Waals surface area contributed by atoms with Gasteiger partial charge in [-0.05, 0) is 44.2 Å². The highest BCUT2D eigenvalue weighted by molar-refractivity contribution is 7.89. The maximum Gasteiger partial charge on any atom is 0.255 e. The van der Waals surface area contributed by atoms with Crippen LogP contribution >= 0.6 is 0 Å². The van der Waals surface area contributed by atoms with Crippen molar-refractivity contribution in [1.82, 2.24) is 4.31 Å². The van der Waals surface area contributed by atoms with Gasteiger partial charge in [0.2, 0.25) is 10.0 Å². The Morgan fingerprint density at radius 3 is 2.41 bits per heavy atom. The lowest BCUT2D eigenvalue weighted by atomic mass is 10.2. The smallest absolute Gasteiger partial charge is 0.255 e. The maximum absolute atomic E-state index is 13.2. The van der Waals surface area contributed by atoms with Crippen LogP contribution in [0.2, 0.25) is 0 Å². The van der Waals surface area contributed by atoms with Crippen molar-refractivity contribution >= 4 is 27.3 Å². The summed E-state index contributed by atoms with van der Waals surface area (Å²) in [6.07, 6.45) is -0.367. The van der Waals surface area contributed by atoms with Gasteiger partial charge in [-0.1, -0.05) is 18.2 Å². The number of nitrogens with one attached hydrogen (secondary N) is 1. The van der Waals surface area contributed by atoms with Crippen molar-refractivity contribution in [1.29, 1.82) is 0 Å². The second kappa shape index (κ2) is 9.58. The van der Waals surface area contributed by atoms with E-state index in [-0.39, 0.29) is 41.7 Å². The predicted octanol–water partition coefficient (Wildman–Crippen LogP) is 2.57. The number of ether oxygens (including phenoxy) is 2. The van der Waals surface area contributed by atoms with Gasteiger partial charge in [0, 0.05) is 31.7 Å². The van der Waals surface area contributed by atoms with Crippen LogP contribution in [0.25, 0.3) is 0 Å². The monoisotopic (exact) mass is 459 g/mol. The van der Waals surface area contributed by atoms with Crippen LogP contribution in [0.15, 0.2) is 53.4 Å². The number of carbonyl (C=O) groups excluding carboxylic acids is 1. The van der Waals surface area contributed by atoms with Gasteiger partial charge in [0.1, 0.15) is 0 Å². The molecule has 9 heteroatoms. The van der Waals surface area contributed by atoms with E-state index in [2.05, 4.69) is 10.2 Å².